The van der Waals surface area contributed by atoms with Crippen LogP contribution in [0.4, 0.5) is 5.69 Å². The lowest BCUT2D eigenvalue weighted by molar-refractivity contribution is 0.286. The number of rotatable bonds is 7. The average Bonchev–Trinajstić information content (AvgIpc) is 2.92. The van der Waals surface area contributed by atoms with Crippen LogP contribution in [0, 0.1) is 6.92 Å². The first kappa shape index (κ1) is 20.9. The molecule has 7 heteroatoms. The maximum Gasteiger partial charge on any atom is 0.297 e. The molecule has 0 aliphatic carbocycles. The first-order valence-electron chi connectivity index (χ1n) is 9.45. The molecule has 152 valence electrons. The maximum atomic E-state index is 13.0. The molecular formula is C22H24BrN3O3. The lowest BCUT2D eigenvalue weighted by Crippen LogP contribution is -2.19. The molecule has 3 rings (SSSR count). The average molecular weight is 458 g/mol. The van der Waals surface area contributed by atoms with Gasteiger partial charge in [-0.2, -0.15) is 0 Å². The molecule has 0 amide bonds. The largest absolute Gasteiger partial charge is 0.490 e. The summed E-state index contributed by atoms with van der Waals surface area (Å²) >= 11 is 3.53. The van der Waals surface area contributed by atoms with Crippen LogP contribution in [-0.4, -0.2) is 28.8 Å². The highest BCUT2D eigenvalue weighted by molar-refractivity contribution is 9.10. The van der Waals surface area contributed by atoms with Crippen LogP contribution in [0.2, 0.25) is 0 Å². The third kappa shape index (κ3) is 4.29. The number of aromatic nitrogens is 2. The van der Waals surface area contributed by atoms with Crippen molar-refractivity contribution in [1.82, 2.24) is 9.36 Å². The van der Waals surface area contributed by atoms with Crippen molar-refractivity contribution in [1.29, 1.82) is 0 Å². The van der Waals surface area contributed by atoms with Gasteiger partial charge in [0, 0.05) is 13.3 Å². The predicted octanol–water partition coefficient (Wildman–Crippen LogP) is 4.79. The van der Waals surface area contributed by atoms with Gasteiger partial charge >= 0.3 is 0 Å². The number of halogens is 1. The van der Waals surface area contributed by atoms with E-state index < -0.39 is 0 Å². The van der Waals surface area contributed by atoms with Crippen LogP contribution < -0.4 is 15.0 Å². The summed E-state index contributed by atoms with van der Waals surface area (Å²) < 4.78 is 15.6. The summed E-state index contributed by atoms with van der Waals surface area (Å²) in [5.74, 6) is 1.30. The minimum absolute atomic E-state index is 0.164. The van der Waals surface area contributed by atoms with Crippen LogP contribution in [0.3, 0.4) is 0 Å². The second kappa shape index (κ2) is 9.13. The molecule has 0 fully saturated rings. The molecule has 0 spiro atoms. The summed E-state index contributed by atoms with van der Waals surface area (Å²) in [6.07, 6.45) is 1.67. The van der Waals surface area contributed by atoms with E-state index in [1.807, 2.05) is 75.0 Å². The highest BCUT2D eigenvalue weighted by Gasteiger charge is 2.16. The van der Waals surface area contributed by atoms with Crippen molar-refractivity contribution < 1.29 is 9.47 Å². The zero-order valence-corrected chi connectivity index (χ0v) is 18.6. The first-order chi connectivity index (χ1) is 14.0. The van der Waals surface area contributed by atoms with E-state index in [2.05, 4.69) is 20.9 Å². The van der Waals surface area contributed by atoms with E-state index >= 15 is 0 Å². The molecule has 0 saturated carbocycles. The van der Waals surface area contributed by atoms with Crippen LogP contribution in [0.15, 0.2) is 56.7 Å². The van der Waals surface area contributed by atoms with Crippen LogP contribution in [0.5, 0.6) is 11.5 Å². The van der Waals surface area contributed by atoms with Gasteiger partial charge in [0.05, 0.1) is 29.1 Å². The van der Waals surface area contributed by atoms with Gasteiger partial charge in [0.2, 0.25) is 0 Å². The predicted molar refractivity (Wildman–Crippen MR) is 119 cm³/mol. The third-order valence-electron chi connectivity index (χ3n) is 4.49. The SMILES string of the molecule is CCOc1cc(C=Nc2c(C)n(C)n(-c3ccccc3)c2=O)cc(Br)c1OCC. The summed E-state index contributed by atoms with van der Waals surface area (Å²) in [7, 11) is 1.85. The Balaban J connectivity index is 2.02. The zero-order chi connectivity index (χ0) is 21.0. The molecule has 2 aromatic carbocycles. The number of aliphatic imine (C=N–C) groups is 1. The van der Waals surface area contributed by atoms with Gasteiger partial charge in [-0.05, 0) is 66.5 Å². The smallest absolute Gasteiger partial charge is 0.297 e. The molecule has 0 bridgehead atoms. The second-order valence-electron chi connectivity index (χ2n) is 6.36. The van der Waals surface area contributed by atoms with Crippen LogP contribution in [0.1, 0.15) is 25.1 Å². The fraction of sp³-hybridized carbons (Fsp3) is 0.273. The molecule has 0 radical (unpaired) electrons. The Kier molecular flexibility index (Phi) is 6.59. The molecule has 0 N–H and O–H groups in total. The van der Waals surface area contributed by atoms with Gasteiger partial charge in [0.1, 0.15) is 0 Å². The molecule has 0 saturated heterocycles. The van der Waals surface area contributed by atoms with Crippen LogP contribution in [-0.2, 0) is 7.05 Å². The highest BCUT2D eigenvalue weighted by atomic mass is 79.9. The number of ether oxygens (including phenoxy) is 2. The second-order valence-corrected chi connectivity index (χ2v) is 7.22. The van der Waals surface area contributed by atoms with Crippen LogP contribution >= 0.6 is 15.9 Å². The Morgan fingerprint density at radius 1 is 1.10 bits per heavy atom. The van der Waals surface area contributed by atoms with Gasteiger partial charge in [-0.1, -0.05) is 18.2 Å². The molecule has 0 unspecified atom stereocenters. The summed E-state index contributed by atoms with van der Waals surface area (Å²) in [4.78, 5) is 17.5. The Labute approximate surface area is 178 Å². The topological polar surface area (TPSA) is 57.8 Å². The number of nitrogens with zero attached hydrogens (tertiary/aromatic N) is 3. The minimum Gasteiger partial charge on any atom is -0.490 e. The first-order valence-corrected chi connectivity index (χ1v) is 10.2. The van der Waals surface area contributed by atoms with Crippen molar-refractivity contribution in [2.24, 2.45) is 12.0 Å². The van der Waals surface area contributed by atoms with Gasteiger partial charge in [-0.25, -0.2) is 9.67 Å². The summed E-state index contributed by atoms with van der Waals surface area (Å²) in [6, 6.07) is 13.3. The number of benzene rings is 2. The molecule has 0 aliphatic heterocycles. The van der Waals surface area contributed by atoms with Gasteiger partial charge in [-0.3, -0.25) is 9.48 Å². The highest BCUT2D eigenvalue weighted by Crippen LogP contribution is 2.36. The fourth-order valence-corrected chi connectivity index (χ4v) is 3.63. The van der Waals surface area contributed by atoms with Gasteiger partial charge in [0.25, 0.3) is 5.56 Å². The molecule has 3 aromatic rings. The van der Waals surface area contributed by atoms with E-state index in [0.717, 1.165) is 21.4 Å². The molecule has 1 aromatic heterocycles. The summed E-state index contributed by atoms with van der Waals surface area (Å²) in [6.45, 7) is 6.78. The van der Waals surface area contributed by atoms with E-state index in [1.54, 1.807) is 10.9 Å². The quantitative estimate of drug-likeness (QED) is 0.479. The number of hydrogen-bond donors (Lipinski definition) is 0. The Morgan fingerprint density at radius 3 is 2.45 bits per heavy atom. The minimum atomic E-state index is -0.164. The van der Waals surface area contributed by atoms with Gasteiger partial charge in [-0.15, -0.1) is 0 Å². The lowest BCUT2D eigenvalue weighted by Gasteiger charge is -2.13. The third-order valence-corrected chi connectivity index (χ3v) is 5.08. The molecule has 29 heavy (non-hydrogen) atoms. The molecule has 0 aliphatic rings. The van der Waals surface area contributed by atoms with Crippen molar-refractivity contribution in [2.45, 2.75) is 20.8 Å². The molecule has 0 atom stereocenters. The van der Waals surface area contributed by atoms with Gasteiger partial charge < -0.3 is 9.47 Å². The molecule has 6 nitrogen and oxygen atoms in total. The Bertz CT molecular complexity index is 1080. The normalized spacial score (nSPS) is 11.2. The fourth-order valence-electron chi connectivity index (χ4n) is 3.05. The van der Waals surface area contributed by atoms with Crippen molar-refractivity contribution in [3.05, 3.63) is 68.5 Å². The zero-order valence-electron chi connectivity index (χ0n) is 17.0. The van der Waals surface area contributed by atoms with E-state index in [-0.39, 0.29) is 5.56 Å². The monoisotopic (exact) mass is 457 g/mol. The van der Waals surface area contributed by atoms with Crippen LogP contribution in [0.25, 0.3) is 5.69 Å². The Morgan fingerprint density at radius 2 is 1.79 bits per heavy atom. The Hall–Kier alpha value is -2.80. The maximum absolute atomic E-state index is 13.0. The standard InChI is InChI=1S/C22H24BrN3O3/c1-5-28-19-13-16(12-18(23)21(19)29-6-2)14-24-20-15(3)25(4)26(22(20)27)17-10-8-7-9-11-17/h7-14H,5-6H2,1-4H3. The lowest BCUT2D eigenvalue weighted by atomic mass is 10.2. The van der Waals surface area contributed by atoms with E-state index in [0.29, 0.717) is 30.4 Å². The number of para-hydroxylation sites is 1. The number of hydrogen-bond acceptors (Lipinski definition) is 4. The van der Waals surface area contributed by atoms with Crippen molar-refractivity contribution in [3.63, 3.8) is 0 Å². The van der Waals surface area contributed by atoms with Gasteiger partial charge in [0.15, 0.2) is 17.2 Å². The van der Waals surface area contributed by atoms with Crippen molar-refractivity contribution >= 4 is 27.8 Å². The molecular weight excluding hydrogens is 434 g/mol. The van der Waals surface area contributed by atoms with E-state index in [4.69, 9.17) is 9.47 Å². The van der Waals surface area contributed by atoms with Crippen molar-refractivity contribution in [3.8, 4) is 17.2 Å². The summed E-state index contributed by atoms with van der Waals surface area (Å²) in [5.41, 5.74) is 2.62. The van der Waals surface area contributed by atoms with E-state index in [9.17, 15) is 4.79 Å². The summed E-state index contributed by atoms with van der Waals surface area (Å²) in [5, 5.41) is 0. The van der Waals surface area contributed by atoms with E-state index in [1.165, 1.54) is 0 Å². The molecule has 1 heterocycles. The van der Waals surface area contributed by atoms with Crippen molar-refractivity contribution in [2.75, 3.05) is 13.2 Å².